The van der Waals surface area contributed by atoms with E-state index in [1.807, 2.05) is 12.1 Å². The van der Waals surface area contributed by atoms with Gasteiger partial charge in [-0.15, -0.1) is 4.91 Å². The summed E-state index contributed by atoms with van der Waals surface area (Å²) in [5.41, 5.74) is 2.11. The summed E-state index contributed by atoms with van der Waals surface area (Å²) in [6, 6.07) is 23.9. The van der Waals surface area contributed by atoms with E-state index in [2.05, 4.69) is 20.5 Å². The highest BCUT2D eigenvalue weighted by atomic mass is 35.5. The molecule has 0 unspecified atom stereocenters. The number of carbonyl (C=O) groups excluding carboxylic acids is 1. The Hall–Kier alpha value is -5.32. The SMILES string of the molecule is N#Cc1ccc(Nc2nccc(N(c3ccc(C#N)cc3)N(C(=O)N=O)c3ccccc3Cl)n2)cc1. The zero-order valence-electron chi connectivity index (χ0n) is 18.4. The van der Waals surface area contributed by atoms with Crippen LogP contribution in [0.1, 0.15) is 11.1 Å². The Morgan fingerprint density at radius 3 is 2.17 bits per heavy atom. The largest absolute Gasteiger partial charge is 0.404 e. The Morgan fingerprint density at radius 2 is 1.56 bits per heavy atom. The van der Waals surface area contributed by atoms with E-state index in [4.69, 9.17) is 16.9 Å². The third kappa shape index (κ3) is 5.09. The summed E-state index contributed by atoms with van der Waals surface area (Å²) < 4.78 is 0. The normalized spacial score (nSPS) is 9.97. The molecule has 10 nitrogen and oxygen atoms in total. The smallest absolute Gasteiger partial charge is 0.324 e. The van der Waals surface area contributed by atoms with Gasteiger partial charge in [-0.3, -0.25) is 0 Å². The Morgan fingerprint density at radius 1 is 0.917 bits per heavy atom. The molecule has 3 aromatic carbocycles. The van der Waals surface area contributed by atoms with Crippen LogP contribution < -0.4 is 15.3 Å². The molecule has 0 bridgehead atoms. The second kappa shape index (κ2) is 10.7. The molecule has 4 aromatic rings. The maximum Gasteiger partial charge on any atom is 0.404 e. The summed E-state index contributed by atoms with van der Waals surface area (Å²) in [5.74, 6) is 0.379. The molecule has 0 atom stereocenters. The number of carbonyl (C=O) groups is 1. The van der Waals surface area contributed by atoms with Crippen LogP contribution in [0.3, 0.4) is 0 Å². The fourth-order valence-corrected chi connectivity index (χ4v) is 3.49. The number of amides is 2. The van der Waals surface area contributed by atoms with E-state index in [9.17, 15) is 15.0 Å². The average Bonchev–Trinajstić information content (AvgIpc) is 2.92. The minimum Gasteiger partial charge on any atom is -0.324 e. The molecule has 0 aliphatic carbocycles. The van der Waals surface area contributed by atoms with Crippen molar-refractivity contribution in [3.8, 4) is 12.1 Å². The number of anilines is 5. The third-order valence-corrected chi connectivity index (χ3v) is 5.23. The number of halogens is 1. The van der Waals surface area contributed by atoms with Crippen molar-refractivity contribution in [3.05, 3.63) is 106 Å². The van der Waals surface area contributed by atoms with Gasteiger partial charge >= 0.3 is 6.03 Å². The molecule has 1 heterocycles. The van der Waals surface area contributed by atoms with Gasteiger partial charge in [-0.1, -0.05) is 23.7 Å². The Kier molecular flexibility index (Phi) is 7.11. The quantitative estimate of drug-likeness (QED) is 0.252. The number of para-hydroxylation sites is 1. The molecule has 1 aromatic heterocycles. The van der Waals surface area contributed by atoms with Crippen LogP contribution in [0.4, 0.5) is 33.6 Å². The standard InChI is InChI=1S/C25H15ClN8O2/c26-21-3-1-2-4-22(21)34(25(35)32-36)33(20-11-7-18(16-28)8-12-20)23-13-14-29-24(31-23)30-19-9-5-17(15-27)6-10-19/h1-14H,(H,29,30,31). The number of hydrogen-bond acceptors (Lipinski definition) is 8. The number of nitrogens with zero attached hydrogens (tertiary/aromatic N) is 7. The molecule has 36 heavy (non-hydrogen) atoms. The van der Waals surface area contributed by atoms with Gasteiger partial charge in [0.1, 0.15) is 0 Å². The maximum atomic E-state index is 12.8. The number of nitroso groups, excluding NO2 is 1. The molecule has 0 spiro atoms. The summed E-state index contributed by atoms with van der Waals surface area (Å²) in [6.07, 6.45) is 1.47. The molecule has 174 valence electrons. The molecule has 2 amide bonds. The number of benzene rings is 3. The van der Waals surface area contributed by atoms with Crippen molar-refractivity contribution in [2.75, 3.05) is 15.3 Å². The summed E-state index contributed by atoms with van der Waals surface area (Å²) in [5, 5.41) is 26.4. The van der Waals surface area contributed by atoms with Gasteiger partial charge < -0.3 is 5.32 Å². The van der Waals surface area contributed by atoms with E-state index in [-0.39, 0.29) is 22.5 Å². The van der Waals surface area contributed by atoms with Crippen molar-refractivity contribution < 1.29 is 4.79 Å². The van der Waals surface area contributed by atoms with Crippen LogP contribution in [0.2, 0.25) is 5.02 Å². The van der Waals surface area contributed by atoms with Crippen molar-refractivity contribution in [1.82, 2.24) is 9.97 Å². The molecule has 0 saturated heterocycles. The van der Waals surface area contributed by atoms with Crippen LogP contribution in [0.5, 0.6) is 0 Å². The van der Waals surface area contributed by atoms with Crippen LogP contribution >= 0.6 is 11.6 Å². The first-order chi connectivity index (χ1) is 17.5. The Bertz CT molecular complexity index is 1490. The molecule has 0 radical (unpaired) electrons. The first kappa shape index (κ1) is 23.8. The highest BCUT2D eigenvalue weighted by Crippen LogP contribution is 2.34. The predicted molar refractivity (Wildman–Crippen MR) is 135 cm³/mol. The van der Waals surface area contributed by atoms with E-state index in [0.29, 0.717) is 22.5 Å². The van der Waals surface area contributed by atoms with Crippen LogP contribution in [0.15, 0.2) is 90.2 Å². The summed E-state index contributed by atoms with van der Waals surface area (Å²) in [4.78, 5) is 33.0. The maximum absolute atomic E-state index is 12.8. The fourth-order valence-electron chi connectivity index (χ4n) is 3.27. The average molecular weight is 495 g/mol. The molecule has 1 N–H and O–H groups in total. The molecule has 0 aliphatic rings. The Labute approximate surface area is 210 Å². The van der Waals surface area contributed by atoms with E-state index < -0.39 is 6.03 Å². The lowest BCUT2D eigenvalue weighted by molar-refractivity contribution is 0.254. The van der Waals surface area contributed by atoms with Crippen molar-refractivity contribution in [3.63, 3.8) is 0 Å². The number of urea groups is 1. The molecular formula is C25H15ClN8O2. The number of hydrogen-bond donors (Lipinski definition) is 1. The van der Waals surface area contributed by atoms with Gasteiger partial charge in [0, 0.05) is 23.1 Å². The second-order valence-corrected chi connectivity index (χ2v) is 7.57. The summed E-state index contributed by atoms with van der Waals surface area (Å²) >= 11 is 6.37. The Balaban J connectivity index is 1.83. The molecule has 0 fully saturated rings. The van der Waals surface area contributed by atoms with E-state index in [1.54, 1.807) is 72.8 Å². The highest BCUT2D eigenvalue weighted by molar-refractivity contribution is 6.34. The number of nitrogens with one attached hydrogen (secondary N) is 1. The molecular weight excluding hydrogens is 480 g/mol. The number of aromatic nitrogens is 2. The van der Waals surface area contributed by atoms with E-state index in [0.717, 1.165) is 5.01 Å². The topological polar surface area (TPSA) is 138 Å². The van der Waals surface area contributed by atoms with Crippen molar-refractivity contribution in [1.29, 1.82) is 10.5 Å². The predicted octanol–water partition coefficient (Wildman–Crippen LogP) is 6.06. The molecule has 4 rings (SSSR count). The van der Waals surface area contributed by atoms with Crippen LogP contribution in [0.25, 0.3) is 0 Å². The summed E-state index contributed by atoms with van der Waals surface area (Å²) in [6.45, 7) is 0. The van der Waals surface area contributed by atoms with E-state index >= 15 is 0 Å². The molecule has 0 aliphatic heterocycles. The zero-order valence-corrected chi connectivity index (χ0v) is 19.2. The monoisotopic (exact) mass is 494 g/mol. The van der Waals surface area contributed by atoms with Crippen molar-refractivity contribution in [2.45, 2.75) is 0 Å². The van der Waals surface area contributed by atoms with Gasteiger partial charge in [0.05, 0.1) is 39.7 Å². The number of rotatable bonds is 6. The van der Waals surface area contributed by atoms with E-state index in [1.165, 1.54) is 17.3 Å². The molecule has 11 heteroatoms. The van der Waals surface area contributed by atoms with Gasteiger partial charge in [0.15, 0.2) is 5.82 Å². The minimum atomic E-state index is -1.15. The second-order valence-electron chi connectivity index (χ2n) is 7.16. The third-order valence-electron chi connectivity index (χ3n) is 4.91. The van der Waals surface area contributed by atoms with Gasteiger partial charge in [0.2, 0.25) is 5.95 Å². The highest BCUT2D eigenvalue weighted by Gasteiger charge is 2.29. The van der Waals surface area contributed by atoms with Crippen LogP contribution in [0, 0.1) is 27.6 Å². The van der Waals surface area contributed by atoms with Crippen molar-refractivity contribution in [2.24, 2.45) is 5.18 Å². The fraction of sp³-hybridized carbons (Fsp3) is 0. The molecule has 0 saturated carbocycles. The lowest BCUT2D eigenvalue weighted by atomic mass is 10.2. The van der Waals surface area contributed by atoms with Gasteiger partial charge in [-0.2, -0.15) is 20.5 Å². The first-order valence-corrected chi connectivity index (χ1v) is 10.7. The minimum absolute atomic E-state index is 0.182. The zero-order chi connectivity index (χ0) is 25.5. The van der Waals surface area contributed by atoms with Gasteiger partial charge in [-0.25, -0.2) is 14.8 Å². The lowest BCUT2D eigenvalue weighted by Crippen LogP contribution is -2.43. The summed E-state index contributed by atoms with van der Waals surface area (Å²) in [7, 11) is 0. The number of nitriles is 2. The van der Waals surface area contributed by atoms with Crippen LogP contribution in [-0.2, 0) is 0 Å². The van der Waals surface area contributed by atoms with Gasteiger partial charge in [-0.05, 0) is 60.7 Å². The first-order valence-electron chi connectivity index (χ1n) is 10.4. The van der Waals surface area contributed by atoms with Crippen molar-refractivity contribution >= 4 is 46.5 Å². The lowest BCUT2D eigenvalue weighted by Gasteiger charge is -2.34. The van der Waals surface area contributed by atoms with Gasteiger partial charge in [0.25, 0.3) is 0 Å². The number of hydrazine groups is 1. The van der Waals surface area contributed by atoms with Crippen LogP contribution in [-0.4, -0.2) is 16.0 Å².